The lowest BCUT2D eigenvalue weighted by molar-refractivity contribution is -0.124. The van der Waals surface area contributed by atoms with Gasteiger partial charge >= 0.3 is 0 Å². The predicted molar refractivity (Wildman–Crippen MR) is 65.8 cm³/mol. The Balaban J connectivity index is 2.40. The van der Waals surface area contributed by atoms with Gasteiger partial charge in [-0.05, 0) is 19.1 Å². The van der Waals surface area contributed by atoms with Gasteiger partial charge in [-0.1, -0.05) is 0 Å². The largest absolute Gasteiger partial charge is 0.484 e. The van der Waals surface area contributed by atoms with E-state index < -0.39 is 5.82 Å². The molecule has 0 aliphatic heterocycles. The number of halogens is 1. The van der Waals surface area contributed by atoms with Crippen molar-refractivity contribution in [3.8, 4) is 5.75 Å². The lowest BCUT2D eigenvalue weighted by Crippen LogP contribution is -2.38. The van der Waals surface area contributed by atoms with E-state index in [1.165, 1.54) is 12.1 Å². The summed E-state index contributed by atoms with van der Waals surface area (Å²) in [4.78, 5) is 11.4. The molecule has 0 spiro atoms. The highest BCUT2D eigenvalue weighted by Crippen LogP contribution is 2.17. The third-order valence-electron chi connectivity index (χ3n) is 2.17. The summed E-state index contributed by atoms with van der Waals surface area (Å²) in [6.07, 6.45) is 0. The van der Waals surface area contributed by atoms with Crippen molar-refractivity contribution in [2.24, 2.45) is 0 Å². The van der Waals surface area contributed by atoms with Gasteiger partial charge in [0.05, 0.1) is 12.3 Å². The fourth-order valence-electron chi connectivity index (χ4n) is 1.35. The standard InChI is InChI=1S/C12H17FN2O3/c1-8(6-17-2)15-12(16)7-18-9-3-4-11(14)10(13)5-9/h3-5,8H,6-7,14H2,1-2H3,(H,15,16). The third-order valence-corrected chi connectivity index (χ3v) is 2.17. The van der Waals surface area contributed by atoms with E-state index in [-0.39, 0.29) is 30.0 Å². The van der Waals surface area contributed by atoms with Gasteiger partial charge in [0.1, 0.15) is 11.6 Å². The first-order valence-electron chi connectivity index (χ1n) is 5.49. The number of amides is 1. The zero-order chi connectivity index (χ0) is 13.5. The van der Waals surface area contributed by atoms with Crippen molar-refractivity contribution in [3.63, 3.8) is 0 Å². The molecule has 6 heteroatoms. The van der Waals surface area contributed by atoms with Crippen LogP contribution in [0.25, 0.3) is 0 Å². The summed E-state index contributed by atoms with van der Waals surface area (Å²) >= 11 is 0. The molecule has 0 radical (unpaired) electrons. The van der Waals surface area contributed by atoms with E-state index in [4.69, 9.17) is 15.2 Å². The van der Waals surface area contributed by atoms with E-state index in [1.54, 1.807) is 7.11 Å². The minimum absolute atomic E-state index is 0.0421. The molecule has 0 fully saturated rings. The van der Waals surface area contributed by atoms with Crippen LogP contribution in [0.4, 0.5) is 10.1 Å². The second-order valence-electron chi connectivity index (χ2n) is 3.90. The summed E-state index contributed by atoms with van der Waals surface area (Å²) in [5.74, 6) is -0.603. The molecule has 0 saturated heterocycles. The van der Waals surface area contributed by atoms with Crippen molar-refractivity contribution in [1.82, 2.24) is 5.32 Å². The molecule has 100 valence electrons. The zero-order valence-corrected chi connectivity index (χ0v) is 10.4. The van der Waals surface area contributed by atoms with E-state index >= 15 is 0 Å². The summed E-state index contributed by atoms with van der Waals surface area (Å²) < 4.78 is 23.1. The first kappa shape index (κ1) is 14.2. The highest BCUT2D eigenvalue weighted by molar-refractivity contribution is 5.77. The number of carbonyl (C=O) groups excluding carboxylic acids is 1. The van der Waals surface area contributed by atoms with Gasteiger partial charge < -0.3 is 20.5 Å². The van der Waals surface area contributed by atoms with Gasteiger partial charge in [-0.25, -0.2) is 4.39 Å². The number of nitrogen functional groups attached to an aromatic ring is 1. The fraction of sp³-hybridized carbons (Fsp3) is 0.417. The topological polar surface area (TPSA) is 73.6 Å². The molecule has 1 atom stereocenters. The lowest BCUT2D eigenvalue weighted by atomic mass is 10.3. The van der Waals surface area contributed by atoms with Crippen LogP contribution in [0.2, 0.25) is 0 Å². The number of benzene rings is 1. The van der Waals surface area contributed by atoms with Crippen molar-refractivity contribution < 1.29 is 18.7 Å². The minimum atomic E-state index is -0.569. The van der Waals surface area contributed by atoms with Crippen molar-refractivity contribution in [1.29, 1.82) is 0 Å². The fourth-order valence-corrected chi connectivity index (χ4v) is 1.35. The van der Waals surface area contributed by atoms with Crippen molar-refractivity contribution >= 4 is 11.6 Å². The number of nitrogens with two attached hydrogens (primary N) is 1. The average molecular weight is 256 g/mol. The molecule has 5 nitrogen and oxygen atoms in total. The van der Waals surface area contributed by atoms with Crippen LogP contribution in [0.3, 0.4) is 0 Å². The Morgan fingerprint density at radius 2 is 2.28 bits per heavy atom. The zero-order valence-electron chi connectivity index (χ0n) is 10.4. The van der Waals surface area contributed by atoms with Gasteiger partial charge in [0.2, 0.25) is 0 Å². The molecule has 0 aliphatic rings. The van der Waals surface area contributed by atoms with Crippen LogP contribution in [0.1, 0.15) is 6.92 Å². The molecular formula is C12H17FN2O3. The molecule has 1 aromatic carbocycles. The van der Waals surface area contributed by atoms with Crippen molar-refractivity contribution in [2.75, 3.05) is 26.1 Å². The molecule has 0 bridgehead atoms. The monoisotopic (exact) mass is 256 g/mol. The minimum Gasteiger partial charge on any atom is -0.484 e. The van der Waals surface area contributed by atoms with Crippen LogP contribution in [0.5, 0.6) is 5.75 Å². The molecule has 0 saturated carbocycles. The van der Waals surface area contributed by atoms with Crippen molar-refractivity contribution in [3.05, 3.63) is 24.0 Å². The molecule has 1 unspecified atom stereocenters. The molecule has 0 aromatic heterocycles. The van der Waals surface area contributed by atoms with Crippen molar-refractivity contribution in [2.45, 2.75) is 13.0 Å². The first-order chi connectivity index (χ1) is 8.52. The van der Waals surface area contributed by atoms with Crippen LogP contribution < -0.4 is 15.8 Å². The molecule has 1 rings (SSSR count). The van der Waals surface area contributed by atoms with E-state index in [0.717, 1.165) is 6.07 Å². The van der Waals surface area contributed by atoms with E-state index in [9.17, 15) is 9.18 Å². The molecule has 18 heavy (non-hydrogen) atoms. The quantitative estimate of drug-likeness (QED) is 0.743. The van der Waals surface area contributed by atoms with Gasteiger partial charge in [0.25, 0.3) is 5.91 Å². The maximum Gasteiger partial charge on any atom is 0.258 e. The summed E-state index contributed by atoms with van der Waals surface area (Å²) in [5, 5.41) is 2.67. The Hall–Kier alpha value is -1.82. The van der Waals surface area contributed by atoms with Gasteiger partial charge in [0, 0.05) is 19.2 Å². The second-order valence-corrected chi connectivity index (χ2v) is 3.90. The number of methoxy groups -OCH3 is 1. The predicted octanol–water partition coefficient (Wildman–Crippen LogP) is 0.938. The van der Waals surface area contributed by atoms with Gasteiger partial charge in [-0.15, -0.1) is 0 Å². The molecule has 3 N–H and O–H groups in total. The van der Waals surface area contributed by atoms with E-state index in [1.807, 2.05) is 6.92 Å². The molecule has 1 amide bonds. The molecular weight excluding hydrogens is 239 g/mol. The van der Waals surface area contributed by atoms with Gasteiger partial charge in [-0.2, -0.15) is 0 Å². The Morgan fingerprint density at radius 1 is 1.56 bits per heavy atom. The third kappa shape index (κ3) is 4.58. The Kier molecular flexibility index (Phi) is 5.38. The number of ether oxygens (including phenoxy) is 2. The maximum atomic E-state index is 13.1. The summed E-state index contributed by atoms with van der Waals surface area (Å²) in [7, 11) is 1.55. The Bertz CT molecular complexity index is 412. The first-order valence-corrected chi connectivity index (χ1v) is 5.49. The Morgan fingerprint density at radius 3 is 2.89 bits per heavy atom. The summed E-state index contributed by atoms with van der Waals surface area (Å²) in [6.45, 7) is 2.05. The number of nitrogens with one attached hydrogen (secondary N) is 1. The SMILES string of the molecule is COCC(C)NC(=O)COc1ccc(N)c(F)c1. The molecule has 1 aromatic rings. The lowest BCUT2D eigenvalue weighted by Gasteiger charge is -2.13. The van der Waals surface area contributed by atoms with Gasteiger partial charge in [-0.3, -0.25) is 4.79 Å². The van der Waals surface area contributed by atoms with Crippen LogP contribution in [-0.4, -0.2) is 32.3 Å². The van der Waals surface area contributed by atoms with Crippen LogP contribution in [0, 0.1) is 5.82 Å². The molecule has 0 aliphatic carbocycles. The number of carbonyl (C=O) groups is 1. The van der Waals surface area contributed by atoms with Gasteiger partial charge in [0.15, 0.2) is 6.61 Å². The van der Waals surface area contributed by atoms with Crippen LogP contribution in [0.15, 0.2) is 18.2 Å². The Labute approximate surface area is 105 Å². The summed E-state index contributed by atoms with van der Waals surface area (Å²) in [6, 6.07) is 3.93. The van der Waals surface area contributed by atoms with Crippen LogP contribution in [-0.2, 0) is 9.53 Å². The highest BCUT2D eigenvalue weighted by Gasteiger charge is 2.08. The number of hydrogen-bond donors (Lipinski definition) is 2. The van der Waals surface area contributed by atoms with Crippen LogP contribution >= 0.6 is 0 Å². The second kappa shape index (κ2) is 6.80. The smallest absolute Gasteiger partial charge is 0.258 e. The number of hydrogen-bond acceptors (Lipinski definition) is 4. The average Bonchev–Trinajstić information content (AvgIpc) is 2.31. The maximum absolute atomic E-state index is 13.1. The summed E-state index contributed by atoms with van der Waals surface area (Å²) in [5.41, 5.74) is 5.36. The molecule has 0 heterocycles. The highest BCUT2D eigenvalue weighted by atomic mass is 19.1. The number of rotatable bonds is 6. The van der Waals surface area contributed by atoms with E-state index in [0.29, 0.717) is 6.61 Å². The van der Waals surface area contributed by atoms with E-state index in [2.05, 4.69) is 5.32 Å². The number of anilines is 1. The normalized spacial score (nSPS) is 11.9.